The third-order valence-corrected chi connectivity index (χ3v) is 2.89. The minimum absolute atomic E-state index is 0.0946. The van der Waals surface area contributed by atoms with E-state index in [0.717, 1.165) is 6.42 Å². The van der Waals surface area contributed by atoms with Crippen LogP contribution in [0.4, 0.5) is 4.39 Å². The van der Waals surface area contributed by atoms with Gasteiger partial charge in [-0.2, -0.15) is 0 Å². The first kappa shape index (κ1) is 12.4. The van der Waals surface area contributed by atoms with Gasteiger partial charge in [0.1, 0.15) is 12.3 Å². The Labute approximate surface area is 90.5 Å². The zero-order valence-electron chi connectivity index (χ0n) is 9.63. The molecule has 15 heavy (non-hydrogen) atoms. The van der Waals surface area contributed by atoms with Crippen LogP contribution >= 0.6 is 0 Å². The molecule has 88 valence electrons. The van der Waals surface area contributed by atoms with E-state index in [9.17, 15) is 4.39 Å². The van der Waals surface area contributed by atoms with Gasteiger partial charge in [0.05, 0.1) is 12.7 Å². The lowest BCUT2D eigenvalue weighted by Crippen LogP contribution is -2.41. The molecule has 1 heterocycles. The number of alkyl halides is 1. The van der Waals surface area contributed by atoms with E-state index in [1.165, 1.54) is 0 Å². The molecule has 0 radical (unpaired) electrons. The summed E-state index contributed by atoms with van der Waals surface area (Å²) >= 11 is 0. The summed E-state index contributed by atoms with van der Waals surface area (Å²) in [5.74, 6) is 0.337. The van der Waals surface area contributed by atoms with Crippen LogP contribution in [0.3, 0.4) is 0 Å². The summed E-state index contributed by atoms with van der Waals surface area (Å²) in [6.07, 6.45) is -0.201. The molecule has 0 aromatic rings. The monoisotopic (exact) mass is 217 g/mol. The van der Waals surface area contributed by atoms with Crippen LogP contribution in [0.25, 0.3) is 0 Å². The van der Waals surface area contributed by atoms with Crippen LogP contribution in [0.5, 0.6) is 0 Å². The van der Waals surface area contributed by atoms with E-state index in [2.05, 4.69) is 0 Å². The van der Waals surface area contributed by atoms with Gasteiger partial charge in [0.15, 0.2) is 5.90 Å². The topological polar surface area (TPSA) is 42.3 Å². The van der Waals surface area contributed by atoms with Crippen LogP contribution < -0.4 is 0 Å². The minimum atomic E-state index is -0.962. The van der Waals surface area contributed by atoms with Crippen molar-refractivity contribution in [2.75, 3.05) is 6.61 Å². The van der Waals surface area contributed by atoms with Crippen LogP contribution in [-0.2, 0) is 9.47 Å². The van der Waals surface area contributed by atoms with Crippen molar-refractivity contribution in [3.63, 3.8) is 0 Å². The van der Waals surface area contributed by atoms with Gasteiger partial charge in [0, 0.05) is 12.3 Å². The van der Waals surface area contributed by atoms with Gasteiger partial charge >= 0.3 is 0 Å². The van der Waals surface area contributed by atoms with E-state index in [-0.39, 0.29) is 30.6 Å². The molecule has 0 amide bonds. The quantitative estimate of drug-likeness (QED) is 0.583. The molecule has 4 heteroatoms. The third kappa shape index (κ3) is 3.45. The standard InChI is InChI=1S/C11H20FNO2/c1-4-7(2)11(13)15-10-5-9(12)6-14-8(10)3/h7-10,13H,4-6H2,1-3H3. The highest BCUT2D eigenvalue weighted by atomic mass is 19.1. The van der Waals surface area contributed by atoms with E-state index in [4.69, 9.17) is 14.9 Å². The predicted molar refractivity (Wildman–Crippen MR) is 57.0 cm³/mol. The zero-order chi connectivity index (χ0) is 11.4. The van der Waals surface area contributed by atoms with Crippen LogP contribution in [-0.4, -0.2) is 30.9 Å². The molecule has 0 aliphatic carbocycles. The van der Waals surface area contributed by atoms with Crippen molar-refractivity contribution in [2.24, 2.45) is 5.92 Å². The summed E-state index contributed by atoms with van der Waals surface area (Å²) in [6, 6.07) is 0. The van der Waals surface area contributed by atoms with Gasteiger partial charge in [0.2, 0.25) is 0 Å². The van der Waals surface area contributed by atoms with Crippen LogP contribution in [0.15, 0.2) is 0 Å². The molecule has 1 saturated heterocycles. The third-order valence-electron chi connectivity index (χ3n) is 2.89. The highest BCUT2D eigenvalue weighted by molar-refractivity contribution is 5.75. The van der Waals surface area contributed by atoms with Crippen molar-refractivity contribution in [2.45, 2.75) is 52.0 Å². The Morgan fingerprint density at radius 1 is 1.67 bits per heavy atom. The number of hydrogen-bond acceptors (Lipinski definition) is 3. The Balaban J connectivity index is 2.45. The summed E-state index contributed by atoms with van der Waals surface area (Å²) in [7, 11) is 0. The highest BCUT2D eigenvalue weighted by Crippen LogP contribution is 2.21. The molecule has 4 atom stereocenters. The average Bonchev–Trinajstić information content (AvgIpc) is 2.22. The fourth-order valence-electron chi connectivity index (χ4n) is 1.48. The molecule has 1 N–H and O–H groups in total. The second-order valence-corrected chi connectivity index (χ2v) is 4.20. The predicted octanol–water partition coefficient (Wildman–Crippen LogP) is 2.54. The molecule has 0 saturated carbocycles. The lowest BCUT2D eigenvalue weighted by atomic mass is 10.0. The number of ether oxygens (including phenoxy) is 2. The highest BCUT2D eigenvalue weighted by Gasteiger charge is 2.31. The van der Waals surface area contributed by atoms with Gasteiger partial charge in [-0.25, -0.2) is 4.39 Å². The van der Waals surface area contributed by atoms with Gasteiger partial charge in [-0.15, -0.1) is 0 Å². The molecule has 4 unspecified atom stereocenters. The maximum atomic E-state index is 13.1. The molecular weight excluding hydrogens is 197 g/mol. The van der Waals surface area contributed by atoms with E-state index in [1.54, 1.807) is 0 Å². The zero-order valence-corrected chi connectivity index (χ0v) is 9.63. The lowest BCUT2D eigenvalue weighted by Gasteiger charge is -2.32. The average molecular weight is 217 g/mol. The fourth-order valence-corrected chi connectivity index (χ4v) is 1.48. The Kier molecular flexibility index (Phi) is 4.51. The van der Waals surface area contributed by atoms with Crippen LogP contribution in [0.1, 0.15) is 33.6 Å². The molecule has 0 aromatic carbocycles. The molecule has 1 aliphatic heterocycles. The van der Waals surface area contributed by atoms with Gasteiger partial charge in [-0.3, -0.25) is 5.41 Å². The van der Waals surface area contributed by atoms with Crippen molar-refractivity contribution in [1.29, 1.82) is 5.41 Å². The smallest absolute Gasteiger partial charge is 0.183 e. The summed E-state index contributed by atoms with van der Waals surface area (Å²) < 4.78 is 23.7. The van der Waals surface area contributed by atoms with Crippen molar-refractivity contribution >= 4 is 5.90 Å². The van der Waals surface area contributed by atoms with Crippen molar-refractivity contribution in [3.8, 4) is 0 Å². The summed E-state index contributed by atoms with van der Waals surface area (Å²) in [5.41, 5.74) is 0. The van der Waals surface area contributed by atoms with Crippen LogP contribution in [0.2, 0.25) is 0 Å². The minimum Gasteiger partial charge on any atom is -0.475 e. The Morgan fingerprint density at radius 2 is 2.33 bits per heavy atom. The summed E-state index contributed by atoms with van der Waals surface area (Å²) in [5, 5.41) is 7.69. The number of rotatable bonds is 3. The van der Waals surface area contributed by atoms with E-state index in [1.807, 2.05) is 20.8 Å². The van der Waals surface area contributed by atoms with Crippen molar-refractivity contribution in [1.82, 2.24) is 0 Å². The summed E-state index contributed by atoms with van der Waals surface area (Å²) in [4.78, 5) is 0. The van der Waals surface area contributed by atoms with Gasteiger partial charge in [-0.1, -0.05) is 13.8 Å². The Hall–Kier alpha value is -0.640. The SMILES string of the molecule is CCC(C)C(=N)OC1CC(F)COC1C. The normalized spacial score (nSPS) is 33.5. The first-order valence-corrected chi connectivity index (χ1v) is 5.55. The second kappa shape index (κ2) is 5.45. The molecule has 3 nitrogen and oxygen atoms in total. The van der Waals surface area contributed by atoms with Crippen LogP contribution in [0, 0.1) is 11.3 Å². The first-order chi connectivity index (χ1) is 7.04. The molecule has 0 spiro atoms. The fraction of sp³-hybridized carbons (Fsp3) is 0.909. The first-order valence-electron chi connectivity index (χ1n) is 5.55. The van der Waals surface area contributed by atoms with Gasteiger partial charge < -0.3 is 9.47 Å². The maximum Gasteiger partial charge on any atom is 0.183 e. The molecule has 1 aliphatic rings. The molecular formula is C11H20FNO2. The molecule has 0 bridgehead atoms. The molecule has 0 aromatic heterocycles. The maximum absolute atomic E-state index is 13.1. The van der Waals surface area contributed by atoms with E-state index in [0.29, 0.717) is 6.42 Å². The molecule has 1 rings (SSSR count). The van der Waals surface area contributed by atoms with Gasteiger partial charge in [-0.05, 0) is 13.3 Å². The van der Waals surface area contributed by atoms with Gasteiger partial charge in [0.25, 0.3) is 0 Å². The largest absolute Gasteiger partial charge is 0.475 e. The number of halogens is 1. The van der Waals surface area contributed by atoms with Crippen molar-refractivity contribution < 1.29 is 13.9 Å². The Bertz CT molecular complexity index is 223. The lowest BCUT2D eigenvalue weighted by molar-refractivity contribution is -0.0913. The van der Waals surface area contributed by atoms with E-state index >= 15 is 0 Å². The number of hydrogen-bond donors (Lipinski definition) is 1. The summed E-state index contributed by atoms with van der Waals surface area (Å²) in [6.45, 7) is 5.95. The second-order valence-electron chi connectivity index (χ2n) is 4.20. The number of nitrogens with one attached hydrogen (secondary N) is 1. The van der Waals surface area contributed by atoms with E-state index < -0.39 is 6.17 Å². The Morgan fingerprint density at radius 3 is 2.93 bits per heavy atom. The van der Waals surface area contributed by atoms with Crippen molar-refractivity contribution in [3.05, 3.63) is 0 Å². The molecule has 1 fully saturated rings.